The minimum absolute atomic E-state index is 0.162. The fraction of sp³-hybridized carbons (Fsp3) is 1.00. The second-order valence-corrected chi connectivity index (χ2v) is 7.68. The van der Waals surface area contributed by atoms with Crippen LogP contribution in [0.1, 0.15) is 58.8 Å². The Labute approximate surface area is 148 Å². The van der Waals surface area contributed by atoms with Crippen LogP contribution in [0.3, 0.4) is 0 Å². The van der Waals surface area contributed by atoms with E-state index in [1.807, 2.05) is 13.8 Å². The molecule has 3 atom stereocenters. The van der Waals surface area contributed by atoms with Gasteiger partial charge in [0.05, 0.1) is 19.3 Å². The van der Waals surface area contributed by atoms with E-state index < -0.39 is 0 Å². The highest BCUT2D eigenvalue weighted by Gasteiger charge is 2.41. The minimum atomic E-state index is -0.162. The normalized spacial score (nSPS) is 33.5. The Morgan fingerprint density at radius 1 is 0.875 bits per heavy atom. The molecule has 3 unspecified atom stereocenters. The van der Waals surface area contributed by atoms with Crippen molar-refractivity contribution in [2.75, 3.05) is 34.0 Å². The zero-order valence-electron chi connectivity index (χ0n) is 16.2. The van der Waals surface area contributed by atoms with Crippen LogP contribution in [0, 0.1) is 23.7 Å². The van der Waals surface area contributed by atoms with Crippen LogP contribution in [-0.2, 0) is 18.9 Å². The summed E-state index contributed by atoms with van der Waals surface area (Å²) < 4.78 is 23.1. The molecule has 0 aromatic rings. The molecule has 0 heterocycles. The van der Waals surface area contributed by atoms with Crippen LogP contribution in [0.15, 0.2) is 0 Å². The lowest BCUT2D eigenvalue weighted by Gasteiger charge is -2.45. The summed E-state index contributed by atoms with van der Waals surface area (Å²) >= 11 is 0. The van der Waals surface area contributed by atoms with Gasteiger partial charge in [-0.05, 0) is 38.5 Å². The van der Waals surface area contributed by atoms with Crippen molar-refractivity contribution in [2.45, 2.75) is 71.2 Å². The first-order valence-corrected chi connectivity index (χ1v) is 9.94. The van der Waals surface area contributed by atoms with E-state index in [0.717, 1.165) is 25.0 Å². The maximum Gasteiger partial charge on any atom is 0.155 e. The number of hydrogen-bond donors (Lipinski definition) is 0. The number of methoxy groups -OCH3 is 2. The van der Waals surface area contributed by atoms with Crippen molar-refractivity contribution in [1.82, 2.24) is 0 Å². The Hall–Kier alpha value is -0.160. The molecule has 142 valence electrons. The minimum Gasteiger partial charge on any atom is -0.384 e. The first-order valence-electron chi connectivity index (χ1n) is 9.94. The highest BCUT2D eigenvalue weighted by molar-refractivity contribution is 4.90. The van der Waals surface area contributed by atoms with Gasteiger partial charge >= 0.3 is 0 Å². The Balaban J connectivity index is 2.06. The zero-order chi connectivity index (χ0) is 17.4. The van der Waals surface area contributed by atoms with Crippen molar-refractivity contribution in [3.8, 4) is 0 Å². The van der Waals surface area contributed by atoms with Gasteiger partial charge < -0.3 is 18.9 Å². The molecule has 0 aliphatic heterocycles. The van der Waals surface area contributed by atoms with Gasteiger partial charge in [0.15, 0.2) is 6.29 Å². The van der Waals surface area contributed by atoms with Gasteiger partial charge in [0.1, 0.15) is 0 Å². The van der Waals surface area contributed by atoms with Crippen LogP contribution in [0.5, 0.6) is 0 Å². The van der Waals surface area contributed by atoms with Crippen LogP contribution < -0.4 is 0 Å². The quantitative estimate of drug-likeness (QED) is 0.586. The average molecular weight is 343 g/mol. The van der Waals surface area contributed by atoms with E-state index in [-0.39, 0.29) is 12.4 Å². The molecular weight excluding hydrogens is 304 g/mol. The van der Waals surface area contributed by atoms with Crippen LogP contribution in [0.2, 0.25) is 0 Å². The summed E-state index contributed by atoms with van der Waals surface area (Å²) in [5, 5.41) is 0. The second-order valence-electron chi connectivity index (χ2n) is 7.68. The Morgan fingerprint density at radius 2 is 1.46 bits per heavy atom. The van der Waals surface area contributed by atoms with Gasteiger partial charge in [0.2, 0.25) is 0 Å². The monoisotopic (exact) mass is 342 g/mol. The molecule has 0 amide bonds. The molecule has 2 aliphatic carbocycles. The summed E-state index contributed by atoms with van der Waals surface area (Å²) in [5.74, 6) is 2.58. The van der Waals surface area contributed by atoms with Crippen LogP contribution in [-0.4, -0.2) is 46.4 Å². The van der Waals surface area contributed by atoms with E-state index in [0.29, 0.717) is 18.4 Å². The van der Waals surface area contributed by atoms with Crippen molar-refractivity contribution in [3.63, 3.8) is 0 Å². The lowest BCUT2D eigenvalue weighted by atomic mass is 9.66. The molecule has 0 bridgehead atoms. The van der Waals surface area contributed by atoms with Crippen molar-refractivity contribution in [1.29, 1.82) is 0 Å². The largest absolute Gasteiger partial charge is 0.384 e. The molecular formula is C20H38O4. The standard InChI is InChI=1S/C20H38O4/c1-5-23-15(2)24-20-18(13-21-3)11-17(12-19(20)14-22-4)16-9-7-6-8-10-16/h15-20H,5-14H2,1-4H3. The summed E-state index contributed by atoms with van der Waals surface area (Å²) in [7, 11) is 3.61. The van der Waals surface area contributed by atoms with Gasteiger partial charge in [-0.15, -0.1) is 0 Å². The zero-order valence-corrected chi connectivity index (χ0v) is 16.2. The Morgan fingerprint density at radius 3 is 1.96 bits per heavy atom. The molecule has 4 nitrogen and oxygen atoms in total. The maximum atomic E-state index is 6.32. The molecule has 0 N–H and O–H groups in total. The fourth-order valence-electron chi connectivity index (χ4n) is 4.99. The number of hydrogen-bond acceptors (Lipinski definition) is 4. The lowest BCUT2D eigenvalue weighted by Crippen LogP contribution is -2.46. The van der Waals surface area contributed by atoms with E-state index in [4.69, 9.17) is 18.9 Å². The topological polar surface area (TPSA) is 36.9 Å². The molecule has 24 heavy (non-hydrogen) atoms. The summed E-state index contributed by atoms with van der Waals surface area (Å²) in [6.07, 6.45) is 9.51. The molecule has 0 radical (unpaired) electrons. The molecule has 0 spiro atoms. The molecule has 2 saturated carbocycles. The van der Waals surface area contributed by atoms with E-state index in [2.05, 4.69) is 0 Å². The lowest BCUT2D eigenvalue weighted by molar-refractivity contribution is -0.206. The van der Waals surface area contributed by atoms with Crippen molar-refractivity contribution in [3.05, 3.63) is 0 Å². The molecule has 0 saturated heterocycles. The average Bonchev–Trinajstić information content (AvgIpc) is 2.59. The first-order chi connectivity index (χ1) is 11.7. The SMILES string of the molecule is CCOC(C)OC1C(COC)CC(C2CCCCC2)CC1COC. The van der Waals surface area contributed by atoms with Gasteiger partial charge in [0.25, 0.3) is 0 Å². The first kappa shape index (κ1) is 20.2. The van der Waals surface area contributed by atoms with E-state index in [1.165, 1.54) is 44.9 Å². The van der Waals surface area contributed by atoms with Gasteiger partial charge in [0, 0.05) is 32.7 Å². The third-order valence-corrected chi connectivity index (χ3v) is 5.97. The van der Waals surface area contributed by atoms with Gasteiger partial charge in [-0.25, -0.2) is 0 Å². The van der Waals surface area contributed by atoms with E-state index in [9.17, 15) is 0 Å². The van der Waals surface area contributed by atoms with Crippen molar-refractivity contribution >= 4 is 0 Å². The highest BCUT2D eigenvalue weighted by atomic mass is 16.7. The summed E-state index contributed by atoms with van der Waals surface area (Å²) in [4.78, 5) is 0. The van der Waals surface area contributed by atoms with Gasteiger partial charge in [-0.2, -0.15) is 0 Å². The summed E-state index contributed by atoms with van der Waals surface area (Å²) in [6.45, 7) is 6.24. The molecule has 2 aliphatic rings. The maximum absolute atomic E-state index is 6.32. The van der Waals surface area contributed by atoms with E-state index in [1.54, 1.807) is 14.2 Å². The van der Waals surface area contributed by atoms with Crippen molar-refractivity contribution in [2.24, 2.45) is 23.7 Å². The second kappa shape index (κ2) is 10.7. The van der Waals surface area contributed by atoms with Gasteiger partial charge in [-0.3, -0.25) is 0 Å². The number of ether oxygens (including phenoxy) is 4. The Kier molecular flexibility index (Phi) is 9.02. The van der Waals surface area contributed by atoms with Crippen LogP contribution in [0.4, 0.5) is 0 Å². The molecule has 4 heteroatoms. The highest BCUT2D eigenvalue weighted by Crippen LogP contribution is 2.44. The molecule has 2 fully saturated rings. The summed E-state index contributed by atoms with van der Waals surface area (Å²) in [6, 6.07) is 0. The predicted molar refractivity (Wildman–Crippen MR) is 96.0 cm³/mol. The van der Waals surface area contributed by atoms with Crippen molar-refractivity contribution < 1.29 is 18.9 Å². The van der Waals surface area contributed by atoms with Gasteiger partial charge in [-0.1, -0.05) is 32.1 Å². The Bertz CT molecular complexity index is 314. The third-order valence-electron chi connectivity index (χ3n) is 5.97. The molecule has 0 aromatic heterocycles. The molecule has 2 rings (SSSR count). The van der Waals surface area contributed by atoms with E-state index >= 15 is 0 Å². The molecule has 0 aromatic carbocycles. The number of rotatable bonds is 9. The predicted octanol–water partition coefficient (Wildman–Crippen LogP) is 4.27. The van der Waals surface area contributed by atoms with Crippen LogP contribution in [0.25, 0.3) is 0 Å². The summed E-state index contributed by atoms with van der Waals surface area (Å²) in [5.41, 5.74) is 0. The fourth-order valence-corrected chi connectivity index (χ4v) is 4.99. The smallest absolute Gasteiger partial charge is 0.155 e. The third kappa shape index (κ3) is 5.69. The van der Waals surface area contributed by atoms with Crippen LogP contribution >= 0.6 is 0 Å².